The normalized spacial score (nSPS) is 10.5. The van der Waals surface area contributed by atoms with Gasteiger partial charge in [0.15, 0.2) is 5.82 Å². The minimum Gasteiger partial charge on any atom is -0.465 e. The number of amides is 1. The van der Waals surface area contributed by atoms with E-state index < -0.39 is 5.97 Å². The van der Waals surface area contributed by atoms with Gasteiger partial charge in [-0.05, 0) is 42.0 Å². The Hall–Kier alpha value is -2.83. The predicted molar refractivity (Wildman–Crippen MR) is 104 cm³/mol. The topological polar surface area (TPSA) is 73.2 Å². The smallest absolute Gasteiger partial charge is 0.337 e. The van der Waals surface area contributed by atoms with E-state index in [2.05, 4.69) is 15.2 Å². The number of nitrogens with one attached hydrogen (secondary N) is 1. The largest absolute Gasteiger partial charge is 0.465 e. The van der Waals surface area contributed by atoms with Crippen molar-refractivity contribution in [2.24, 2.45) is 0 Å². The molecule has 1 amide bonds. The van der Waals surface area contributed by atoms with Crippen molar-refractivity contribution < 1.29 is 14.3 Å². The summed E-state index contributed by atoms with van der Waals surface area (Å²) in [5.74, 6) is -0.594. The van der Waals surface area contributed by atoms with E-state index in [1.807, 2.05) is 12.1 Å². The third-order valence-corrected chi connectivity index (χ3v) is 4.30. The summed E-state index contributed by atoms with van der Waals surface area (Å²) in [6.07, 6.45) is 1.63. The van der Waals surface area contributed by atoms with Gasteiger partial charge in [0.1, 0.15) is 5.02 Å². The Kier molecular flexibility index (Phi) is 5.78. The second-order valence-electron chi connectivity index (χ2n) is 5.67. The number of benzene rings is 2. The van der Waals surface area contributed by atoms with Crippen LogP contribution in [-0.2, 0) is 11.3 Å². The highest BCUT2D eigenvalue weighted by atomic mass is 35.5. The molecular weight excluding hydrogens is 389 g/mol. The number of anilines is 1. The number of rotatable bonds is 5. The van der Waals surface area contributed by atoms with Gasteiger partial charge in [-0.1, -0.05) is 35.3 Å². The van der Waals surface area contributed by atoms with E-state index in [1.54, 1.807) is 23.0 Å². The lowest BCUT2D eigenvalue weighted by Crippen LogP contribution is -2.13. The molecule has 8 heteroatoms. The molecule has 0 saturated heterocycles. The number of hydrogen-bond donors (Lipinski definition) is 1. The maximum Gasteiger partial charge on any atom is 0.337 e. The number of methoxy groups -OCH3 is 1. The van der Waals surface area contributed by atoms with Crippen molar-refractivity contribution in [2.75, 3.05) is 12.4 Å². The highest BCUT2D eigenvalue weighted by Crippen LogP contribution is 2.21. The molecule has 0 radical (unpaired) electrons. The zero-order valence-electron chi connectivity index (χ0n) is 14.3. The van der Waals surface area contributed by atoms with Crippen LogP contribution in [0, 0.1) is 0 Å². The average molecular weight is 404 g/mol. The van der Waals surface area contributed by atoms with Gasteiger partial charge >= 0.3 is 5.97 Å². The Morgan fingerprint density at radius 3 is 2.30 bits per heavy atom. The van der Waals surface area contributed by atoms with Crippen LogP contribution in [0.4, 0.5) is 5.82 Å². The van der Waals surface area contributed by atoms with Crippen molar-refractivity contribution in [1.82, 2.24) is 9.78 Å². The maximum absolute atomic E-state index is 12.4. The first-order valence-electron chi connectivity index (χ1n) is 7.93. The second kappa shape index (κ2) is 8.24. The van der Waals surface area contributed by atoms with Crippen molar-refractivity contribution in [1.29, 1.82) is 0 Å². The summed E-state index contributed by atoms with van der Waals surface area (Å²) in [5.41, 5.74) is 1.72. The summed E-state index contributed by atoms with van der Waals surface area (Å²) in [5, 5.41) is 7.94. The highest BCUT2D eigenvalue weighted by Gasteiger charge is 2.13. The summed E-state index contributed by atoms with van der Waals surface area (Å²) in [4.78, 5) is 23.8. The van der Waals surface area contributed by atoms with E-state index in [4.69, 9.17) is 23.2 Å². The Morgan fingerprint density at radius 2 is 1.67 bits per heavy atom. The third kappa shape index (κ3) is 4.67. The molecule has 2 aromatic carbocycles. The number of halogens is 2. The first kappa shape index (κ1) is 18.9. The fraction of sp³-hybridized carbons (Fsp3) is 0.105. The van der Waals surface area contributed by atoms with Crippen LogP contribution < -0.4 is 5.32 Å². The molecule has 3 rings (SSSR count). The van der Waals surface area contributed by atoms with Gasteiger partial charge in [0, 0.05) is 16.8 Å². The second-order valence-corrected chi connectivity index (χ2v) is 6.52. The van der Waals surface area contributed by atoms with Crippen LogP contribution in [0.2, 0.25) is 10.0 Å². The molecule has 1 heterocycles. The molecule has 27 heavy (non-hydrogen) atoms. The molecule has 6 nitrogen and oxygen atoms in total. The van der Waals surface area contributed by atoms with Crippen LogP contribution in [0.25, 0.3) is 0 Å². The van der Waals surface area contributed by atoms with E-state index in [0.29, 0.717) is 27.7 Å². The SMILES string of the molecule is COC(=O)c1ccc(C(=O)Nc2nn(Cc3ccc(Cl)cc3)cc2Cl)cc1. The zero-order valence-corrected chi connectivity index (χ0v) is 15.8. The predicted octanol–water partition coefficient (Wildman–Crippen LogP) is 4.28. The van der Waals surface area contributed by atoms with Gasteiger partial charge in [0.25, 0.3) is 5.91 Å². The molecule has 1 aromatic heterocycles. The Morgan fingerprint density at radius 1 is 1.04 bits per heavy atom. The van der Waals surface area contributed by atoms with Crippen molar-refractivity contribution in [3.8, 4) is 0 Å². The molecule has 1 N–H and O–H groups in total. The summed E-state index contributed by atoms with van der Waals surface area (Å²) >= 11 is 12.1. The molecule has 0 atom stereocenters. The molecule has 0 bridgehead atoms. The quantitative estimate of drug-likeness (QED) is 0.645. The molecule has 0 aliphatic heterocycles. The first-order chi connectivity index (χ1) is 13.0. The Balaban J connectivity index is 1.70. The van der Waals surface area contributed by atoms with Crippen LogP contribution in [0.15, 0.2) is 54.7 Å². The number of nitrogens with zero attached hydrogens (tertiary/aromatic N) is 2. The van der Waals surface area contributed by atoms with Gasteiger partial charge in [-0.15, -0.1) is 0 Å². The lowest BCUT2D eigenvalue weighted by Gasteiger charge is -2.04. The van der Waals surface area contributed by atoms with Crippen molar-refractivity contribution in [3.05, 3.63) is 81.5 Å². The third-order valence-electron chi connectivity index (χ3n) is 3.77. The summed E-state index contributed by atoms with van der Waals surface area (Å²) < 4.78 is 6.26. The summed E-state index contributed by atoms with van der Waals surface area (Å²) in [6.45, 7) is 0.487. The van der Waals surface area contributed by atoms with Crippen molar-refractivity contribution in [3.63, 3.8) is 0 Å². The molecular formula is C19H15Cl2N3O3. The molecule has 0 spiro atoms. The Labute approximate surface area is 165 Å². The van der Waals surface area contributed by atoms with Gasteiger partial charge < -0.3 is 10.1 Å². The Bertz CT molecular complexity index is 967. The van der Waals surface area contributed by atoms with E-state index in [0.717, 1.165) is 5.56 Å². The molecule has 0 saturated carbocycles. The average Bonchev–Trinajstić information content (AvgIpc) is 3.02. The van der Waals surface area contributed by atoms with Crippen molar-refractivity contribution in [2.45, 2.75) is 6.54 Å². The zero-order chi connectivity index (χ0) is 19.4. The first-order valence-corrected chi connectivity index (χ1v) is 8.69. The van der Waals surface area contributed by atoms with Crippen LogP contribution in [0.3, 0.4) is 0 Å². The lowest BCUT2D eigenvalue weighted by molar-refractivity contribution is 0.0600. The number of aromatic nitrogens is 2. The highest BCUT2D eigenvalue weighted by molar-refractivity contribution is 6.33. The molecule has 0 unspecified atom stereocenters. The molecule has 0 aliphatic rings. The standard InChI is InChI=1S/C19H15Cl2N3O3/c1-27-19(26)14-6-4-13(5-7-14)18(25)22-17-16(21)11-24(23-17)10-12-2-8-15(20)9-3-12/h2-9,11H,10H2,1H3,(H,22,23,25). The van der Waals surface area contributed by atoms with Gasteiger partial charge in [-0.3, -0.25) is 9.48 Å². The minimum absolute atomic E-state index is 0.257. The van der Waals surface area contributed by atoms with Crippen LogP contribution >= 0.6 is 23.2 Å². The van der Waals surface area contributed by atoms with E-state index in [1.165, 1.54) is 31.4 Å². The fourth-order valence-electron chi connectivity index (χ4n) is 2.39. The van der Waals surface area contributed by atoms with E-state index in [9.17, 15) is 9.59 Å². The molecule has 3 aromatic rings. The summed E-state index contributed by atoms with van der Waals surface area (Å²) in [7, 11) is 1.30. The number of hydrogen-bond acceptors (Lipinski definition) is 4. The van der Waals surface area contributed by atoms with Gasteiger partial charge in [-0.2, -0.15) is 5.10 Å². The van der Waals surface area contributed by atoms with Gasteiger partial charge in [0.05, 0.1) is 19.2 Å². The number of carbonyl (C=O) groups excluding carboxylic acids is 2. The maximum atomic E-state index is 12.4. The summed E-state index contributed by atoms with van der Waals surface area (Å²) in [6, 6.07) is 13.5. The van der Waals surface area contributed by atoms with Crippen LogP contribution in [0.1, 0.15) is 26.3 Å². The lowest BCUT2D eigenvalue weighted by atomic mass is 10.1. The molecule has 0 fully saturated rings. The van der Waals surface area contributed by atoms with Crippen molar-refractivity contribution >= 4 is 40.9 Å². The number of esters is 1. The molecule has 0 aliphatic carbocycles. The van der Waals surface area contributed by atoms with Crippen LogP contribution in [-0.4, -0.2) is 28.8 Å². The van der Waals surface area contributed by atoms with Gasteiger partial charge in [-0.25, -0.2) is 4.79 Å². The van der Waals surface area contributed by atoms with Crippen LogP contribution in [0.5, 0.6) is 0 Å². The van der Waals surface area contributed by atoms with E-state index >= 15 is 0 Å². The fourth-order valence-corrected chi connectivity index (χ4v) is 2.72. The number of ether oxygens (including phenoxy) is 1. The van der Waals surface area contributed by atoms with Gasteiger partial charge in [0.2, 0.25) is 0 Å². The minimum atomic E-state index is -0.467. The molecule has 138 valence electrons. The van der Waals surface area contributed by atoms with E-state index in [-0.39, 0.29) is 11.7 Å². The number of carbonyl (C=O) groups is 2. The monoisotopic (exact) mass is 403 g/mol.